The fraction of sp³-hybridized carbons (Fsp3) is 0.222. The summed E-state index contributed by atoms with van der Waals surface area (Å²) in [6.07, 6.45) is 3.28. The van der Waals surface area contributed by atoms with Gasteiger partial charge >= 0.3 is 0 Å². The van der Waals surface area contributed by atoms with Crippen LogP contribution in [0.5, 0.6) is 0 Å². The minimum absolute atomic E-state index is 1.07. The summed E-state index contributed by atoms with van der Waals surface area (Å²) in [5, 5.41) is 0. The van der Waals surface area contributed by atoms with Crippen molar-refractivity contribution in [2.75, 3.05) is 0 Å². The van der Waals surface area contributed by atoms with E-state index in [1.165, 1.54) is 27.8 Å². The maximum atomic E-state index is 2.25. The number of benzene rings is 2. The van der Waals surface area contributed by atoms with Gasteiger partial charge in [0, 0.05) is 0 Å². The van der Waals surface area contributed by atoms with Crippen LogP contribution in [0.2, 0.25) is 0 Å². The van der Waals surface area contributed by atoms with E-state index < -0.39 is 0 Å². The summed E-state index contributed by atoms with van der Waals surface area (Å²) < 4.78 is 0. The molecule has 0 spiro atoms. The molecular weight excluding hydrogens is 216 g/mol. The summed E-state index contributed by atoms with van der Waals surface area (Å²) in [4.78, 5) is 0. The lowest BCUT2D eigenvalue weighted by molar-refractivity contribution is 1.13. The van der Waals surface area contributed by atoms with Crippen LogP contribution in [0.3, 0.4) is 0 Å². The fourth-order valence-corrected chi connectivity index (χ4v) is 2.38. The first-order chi connectivity index (χ1) is 8.76. The van der Waals surface area contributed by atoms with Crippen LogP contribution in [0.4, 0.5) is 0 Å². The third-order valence-electron chi connectivity index (χ3n) is 3.31. The van der Waals surface area contributed by atoms with Crippen LogP contribution in [-0.2, 0) is 6.42 Å². The zero-order valence-corrected chi connectivity index (χ0v) is 11.4. The van der Waals surface area contributed by atoms with Crippen LogP contribution in [0.15, 0.2) is 54.6 Å². The van der Waals surface area contributed by atoms with Crippen LogP contribution < -0.4 is 0 Å². The Labute approximate surface area is 110 Å². The van der Waals surface area contributed by atoms with Crippen molar-refractivity contribution in [2.45, 2.75) is 27.2 Å². The topological polar surface area (TPSA) is 0 Å². The first-order valence-corrected chi connectivity index (χ1v) is 6.58. The van der Waals surface area contributed by atoms with Gasteiger partial charge in [-0.2, -0.15) is 0 Å². The molecule has 2 aromatic rings. The highest BCUT2D eigenvalue weighted by Crippen LogP contribution is 2.27. The van der Waals surface area contributed by atoms with Crippen LogP contribution in [-0.4, -0.2) is 0 Å². The highest BCUT2D eigenvalue weighted by Gasteiger charge is 2.07. The Morgan fingerprint density at radius 3 is 2.50 bits per heavy atom. The van der Waals surface area contributed by atoms with Crippen molar-refractivity contribution in [1.29, 1.82) is 0 Å². The maximum absolute atomic E-state index is 2.25. The second-order valence-corrected chi connectivity index (χ2v) is 4.58. The lowest BCUT2D eigenvalue weighted by Crippen LogP contribution is -1.94. The molecule has 0 aliphatic rings. The zero-order chi connectivity index (χ0) is 13.0. The largest absolute Gasteiger partial charge is 0.0792 e. The second kappa shape index (κ2) is 5.68. The van der Waals surface area contributed by atoms with Crippen molar-refractivity contribution in [1.82, 2.24) is 0 Å². The molecular formula is C18H20. The summed E-state index contributed by atoms with van der Waals surface area (Å²) >= 11 is 0. The Morgan fingerprint density at radius 2 is 1.83 bits per heavy atom. The fourth-order valence-electron chi connectivity index (χ4n) is 2.38. The predicted octanol–water partition coefficient (Wildman–Crippen LogP) is 5.01. The summed E-state index contributed by atoms with van der Waals surface area (Å²) in [6, 6.07) is 17.4. The molecule has 18 heavy (non-hydrogen) atoms. The van der Waals surface area contributed by atoms with Gasteiger partial charge in [0.25, 0.3) is 0 Å². The molecule has 0 aliphatic heterocycles. The van der Waals surface area contributed by atoms with Crippen LogP contribution in [0, 0.1) is 6.92 Å². The van der Waals surface area contributed by atoms with E-state index in [1.54, 1.807) is 0 Å². The van der Waals surface area contributed by atoms with Crippen LogP contribution in [0.25, 0.3) is 5.57 Å². The molecule has 0 unspecified atom stereocenters. The number of hydrogen-bond donors (Lipinski definition) is 0. The van der Waals surface area contributed by atoms with Gasteiger partial charge in [-0.3, -0.25) is 0 Å². The lowest BCUT2D eigenvalue weighted by atomic mass is 9.92. The van der Waals surface area contributed by atoms with E-state index in [2.05, 4.69) is 75.4 Å². The Balaban J connectivity index is 2.53. The van der Waals surface area contributed by atoms with E-state index in [0.717, 1.165) is 6.42 Å². The minimum Gasteiger partial charge on any atom is -0.0792 e. The van der Waals surface area contributed by atoms with E-state index in [-0.39, 0.29) is 0 Å². The lowest BCUT2D eigenvalue weighted by Gasteiger charge is -2.12. The first kappa shape index (κ1) is 12.6. The third-order valence-corrected chi connectivity index (χ3v) is 3.31. The van der Waals surface area contributed by atoms with Gasteiger partial charge < -0.3 is 0 Å². The van der Waals surface area contributed by atoms with Crippen molar-refractivity contribution < 1.29 is 0 Å². The van der Waals surface area contributed by atoms with Gasteiger partial charge in [-0.25, -0.2) is 0 Å². The number of aryl methyl sites for hydroxylation is 2. The molecule has 0 aromatic heterocycles. The maximum Gasteiger partial charge on any atom is -0.0149 e. The SMILES string of the molecule is CC=C(c1cccc(C)c1)c1ccccc1CC. The van der Waals surface area contributed by atoms with Crippen molar-refractivity contribution in [2.24, 2.45) is 0 Å². The van der Waals surface area contributed by atoms with Gasteiger partial charge in [-0.15, -0.1) is 0 Å². The standard InChI is InChI=1S/C18H20/c1-4-15-10-6-7-12-18(15)17(5-2)16-11-8-9-14(3)13-16/h5-13H,4H2,1-3H3. The molecule has 0 saturated carbocycles. The van der Waals surface area contributed by atoms with E-state index >= 15 is 0 Å². The minimum atomic E-state index is 1.07. The van der Waals surface area contributed by atoms with E-state index in [9.17, 15) is 0 Å². The van der Waals surface area contributed by atoms with Gasteiger partial charge in [0.2, 0.25) is 0 Å². The van der Waals surface area contributed by atoms with Crippen LogP contribution in [0.1, 0.15) is 36.1 Å². The molecule has 0 heteroatoms. The van der Waals surface area contributed by atoms with Crippen molar-refractivity contribution in [3.05, 3.63) is 76.9 Å². The van der Waals surface area contributed by atoms with Gasteiger partial charge in [0.05, 0.1) is 0 Å². The normalized spacial score (nSPS) is 11.6. The highest BCUT2D eigenvalue weighted by molar-refractivity contribution is 5.81. The van der Waals surface area contributed by atoms with E-state index in [4.69, 9.17) is 0 Å². The van der Waals surface area contributed by atoms with Gasteiger partial charge in [0.15, 0.2) is 0 Å². The molecule has 0 radical (unpaired) electrons. The summed E-state index contributed by atoms with van der Waals surface area (Å²) in [7, 11) is 0. The first-order valence-electron chi connectivity index (χ1n) is 6.58. The third kappa shape index (κ3) is 2.53. The van der Waals surface area contributed by atoms with Gasteiger partial charge in [-0.05, 0) is 42.5 Å². The average Bonchev–Trinajstić information content (AvgIpc) is 2.40. The Kier molecular flexibility index (Phi) is 3.99. The van der Waals surface area contributed by atoms with E-state index in [1.807, 2.05) is 0 Å². The Morgan fingerprint density at radius 1 is 1.06 bits per heavy atom. The molecule has 92 valence electrons. The van der Waals surface area contributed by atoms with E-state index in [0.29, 0.717) is 0 Å². The van der Waals surface area contributed by atoms with Gasteiger partial charge in [0.1, 0.15) is 0 Å². The number of hydrogen-bond acceptors (Lipinski definition) is 0. The molecule has 0 heterocycles. The Bertz CT molecular complexity index is 562. The molecule has 0 amide bonds. The molecule has 0 bridgehead atoms. The molecule has 2 aromatic carbocycles. The molecule has 0 aliphatic carbocycles. The van der Waals surface area contributed by atoms with Crippen molar-refractivity contribution in [3.63, 3.8) is 0 Å². The smallest absolute Gasteiger partial charge is 0.0149 e. The molecule has 0 saturated heterocycles. The average molecular weight is 236 g/mol. The second-order valence-electron chi connectivity index (χ2n) is 4.58. The molecule has 2 rings (SSSR count). The number of allylic oxidation sites excluding steroid dienone is 1. The van der Waals surface area contributed by atoms with Crippen molar-refractivity contribution in [3.8, 4) is 0 Å². The molecule has 0 nitrogen and oxygen atoms in total. The van der Waals surface area contributed by atoms with Crippen LogP contribution >= 0.6 is 0 Å². The highest BCUT2D eigenvalue weighted by atomic mass is 14.1. The zero-order valence-electron chi connectivity index (χ0n) is 11.4. The quantitative estimate of drug-likeness (QED) is 0.702. The number of rotatable bonds is 3. The van der Waals surface area contributed by atoms with Crippen molar-refractivity contribution >= 4 is 5.57 Å². The summed E-state index contributed by atoms with van der Waals surface area (Å²) in [6.45, 7) is 6.47. The monoisotopic (exact) mass is 236 g/mol. The molecule has 0 N–H and O–H groups in total. The molecule has 0 fully saturated rings. The Hall–Kier alpha value is -1.82. The summed E-state index contributed by atoms with van der Waals surface area (Å²) in [5.41, 5.74) is 6.70. The molecule has 0 atom stereocenters. The summed E-state index contributed by atoms with van der Waals surface area (Å²) in [5.74, 6) is 0. The van der Waals surface area contributed by atoms with Gasteiger partial charge in [-0.1, -0.05) is 67.1 Å². The predicted molar refractivity (Wildman–Crippen MR) is 79.8 cm³/mol.